The molecule has 0 aliphatic heterocycles. The molecule has 20 nitrogen and oxygen atoms in total. The molecule has 0 aromatic rings. The van der Waals surface area contributed by atoms with E-state index in [-0.39, 0.29) is 22.3 Å². The average molecular weight is 815 g/mol. The molecule has 6 fully saturated rings. The largest absolute Gasteiger partial charge is 0.469 e. The van der Waals surface area contributed by atoms with Crippen LogP contribution in [0.1, 0.15) is 0 Å². The first kappa shape index (κ1) is 39.0. The Morgan fingerprint density at radius 1 is 0.276 bits per heavy atom. The summed E-state index contributed by atoms with van der Waals surface area (Å²) >= 11 is 0. The van der Waals surface area contributed by atoms with Crippen LogP contribution in [0, 0.1) is 79.8 Å². The van der Waals surface area contributed by atoms with Gasteiger partial charge in [0.15, 0.2) is 0 Å². The Labute approximate surface area is 328 Å². The number of methoxy groups -OCH3 is 10. The SMILES string of the molecule is COC(=O)C1=C(C(=O)OC)[C@H]2[C@@H]1[C@]1(C(=O)OC)[C@@H]3[C@@H](C4(C(=O)OC)[C@H]5[C@@H](C34C(=O)OC)[C@]3(C(=O)OC)[C@H]4C(C(=O)OC)=C(C(=O)OC)[C@H]4[C@]53C(=O)OC)[C@]21C(=O)OC. The summed E-state index contributed by atoms with van der Waals surface area (Å²) in [5.41, 5.74) is -15.5. The first-order chi connectivity index (χ1) is 27.5. The minimum atomic E-state index is -2.40. The van der Waals surface area contributed by atoms with E-state index in [0.29, 0.717) is 0 Å². The van der Waals surface area contributed by atoms with Gasteiger partial charge in [0.1, 0.15) is 0 Å². The van der Waals surface area contributed by atoms with E-state index in [9.17, 15) is 38.4 Å². The number of esters is 10. The molecule has 0 aromatic heterocycles. The van der Waals surface area contributed by atoms with Crippen LogP contribution in [-0.2, 0) is 95.3 Å². The van der Waals surface area contributed by atoms with Crippen LogP contribution in [0.2, 0.25) is 0 Å². The predicted octanol–water partition coefficient (Wildman–Crippen LogP) is -1.73. The normalized spacial score (nSPS) is 42.6. The van der Waals surface area contributed by atoms with Crippen molar-refractivity contribution in [2.45, 2.75) is 0 Å². The van der Waals surface area contributed by atoms with Gasteiger partial charge >= 0.3 is 59.7 Å². The van der Waals surface area contributed by atoms with Gasteiger partial charge < -0.3 is 47.4 Å². The molecule has 0 spiro atoms. The van der Waals surface area contributed by atoms with Crippen molar-refractivity contribution in [2.75, 3.05) is 71.1 Å². The molecule has 0 aromatic carbocycles. The molecule has 8 rings (SSSR count). The Kier molecular flexibility index (Phi) is 7.69. The number of rotatable bonds is 10. The van der Waals surface area contributed by atoms with Gasteiger partial charge in [-0.1, -0.05) is 0 Å². The van der Waals surface area contributed by atoms with E-state index >= 15 is 9.59 Å². The zero-order valence-corrected chi connectivity index (χ0v) is 32.8. The molecule has 8 aliphatic rings. The van der Waals surface area contributed by atoms with Crippen molar-refractivity contribution in [3.05, 3.63) is 22.3 Å². The van der Waals surface area contributed by atoms with Gasteiger partial charge in [-0.25, -0.2) is 19.2 Å². The van der Waals surface area contributed by atoms with Crippen LogP contribution < -0.4 is 0 Å². The van der Waals surface area contributed by atoms with Crippen molar-refractivity contribution in [3.8, 4) is 0 Å². The Hall–Kier alpha value is -5.82. The minimum absolute atomic E-state index is 0.365. The van der Waals surface area contributed by atoms with Gasteiger partial charge in [-0.15, -0.1) is 0 Å². The highest BCUT2D eigenvalue weighted by Crippen LogP contribution is 3.10. The molecule has 0 heterocycles. The molecule has 0 saturated heterocycles. The van der Waals surface area contributed by atoms with Crippen molar-refractivity contribution in [3.63, 3.8) is 0 Å². The van der Waals surface area contributed by atoms with E-state index in [4.69, 9.17) is 47.4 Å². The van der Waals surface area contributed by atoms with E-state index in [2.05, 4.69) is 0 Å². The molecule has 6 saturated carbocycles. The van der Waals surface area contributed by atoms with Crippen molar-refractivity contribution in [2.24, 2.45) is 79.8 Å². The maximum atomic E-state index is 15.0. The van der Waals surface area contributed by atoms with Crippen molar-refractivity contribution >= 4 is 59.7 Å². The maximum absolute atomic E-state index is 15.0. The molecule has 0 radical (unpaired) electrons. The smallest absolute Gasteiger partial charge is 0.334 e. The highest BCUT2D eigenvalue weighted by atomic mass is 16.6. The van der Waals surface area contributed by atoms with Crippen molar-refractivity contribution in [1.82, 2.24) is 0 Å². The van der Waals surface area contributed by atoms with Crippen LogP contribution in [0.15, 0.2) is 22.3 Å². The average Bonchev–Trinajstić information content (AvgIpc) is 3.21. The van der Waals surface area contributed by atoms with Crippen LogP contribution in [0.3, 0.4) is 0 Å². The standard InChI is InChI=1S/C38H38O20/c1-49-23(39)11-12(24(40)50-2)16-15(11)33(27(43)53-5)19-20(34(16,33)28(44)54-6)38(32(48)58-10)22-21(37(19,38)31(47)57-9)35(29(45)55-7)17-13(25(41)51-3)14(26(42)52-4)18(17)36(22,35)30(46)56-8/h15-22H,1-10H3/t15-,16+,17+,18-,19+,20-,21-,22+,33-,34+,35+,36-,37?,38?. The lowest BCUT2D eigenvalue weighted by molar-refractivity contribution is -0.569. The first-order valence-corrected chi connectivity index (χ1v) is 17.9. The summed E-state index contributed by atoms with van der Waals surface area (Å²) in [6.07, 6.45) is 0. The number of hydrogen-bond donors (Lipinski definition) is 0. The summed E-state index contributed by atoms with van der Waals surface area (Å²) in [5, 5.41) is 0. The van der Waals surface area contributed by atoms with E-state index in [1.807, 2.05) is 0 Å². The second-order valence-corrected chi connectivity index (χ2v) is 15.6. The third-order valence-electron chi connectivity index (χ3n) is 15.9. The third-order valence-corrected chi connectivity index (χ3v) is 15.9. The molecule has 0 amide bonds. The topological polar surface area (TPSA) is 263 Å². The first-order valence-electron chi connectivity index (χ1n) is 17.9. The molecule has 14 atom stereocenters. The van der Waals surface area contributed by atoms with Crippen molar-refractivity contribution < 1.29 is 95.3 Å². The lowest BCUT2D eigenvalue weighted by Crippen LogP contribution is -3.12. The Bertz CT molecular complexity index is 1920. The molecule has 0 bridgehead atoms. The van der Waals surface area contributed by atoms with Crippen LogP contribution >= 0.6 is 0 Å². The summed E-state index contributed by atoms with van der Waals surface area (Å²) < 4.78 is 52.4. The molecule has 2 unspecified atom stereocenters. The lowest BCUT2D eigenvalue weighted by Gasteiger charge is -3.03. The van der Waals surface area contributed by atoms with Gasteiger partial charge in [-0.05, 0) is 23.7 Å². The fourth-order valence-corrected chi connectivity index (χ4v) is 15.3. The second kappa shape index (κ2) is 11.4. The second-order valence-electron chi connectivity index (χ2n) is 15.6. The zero-order chi connectivity index (χ0) is 42.8. The van der Waals surface area contributed by atoms with Gasteiger partial charge in [0, 0.05) is 23.7 Å². The summed E-state index contributed by atoms with van der Waals surface area (Å²) in [5.74, 6) is -23.1. The summed E-state index contributed by atoms with van der Waals surface area (Å²) in [6, 6.07) is 0. The quantitative estimate of drug-likeness (QED) is 0.135. The Morgan fingerprint density at radius 3 is 0.569 bits per heavy atom. The van der Waals surface area contributed by atoms with Gasteiger partial charge in [0.05, 0.1) is 126 Å². The molecular weight excluding hydrogens is 776 g/mol. The molecule has 20 heteroatoms. The van der Waals surface area contributed by atoms with Crippen LogP contribution in [0.25, 0.3) is 0 Å². The minimum Gasteiger partial charge on any atom is -0.469 e. The predicted molar refractivity (Wildman–Crippen MR) is 177 cm³/mol. The van der Waals surface area contributed by atoms with E-state index in [0.717, 1.165) is 71.1 Å². The number of carbonyl (C=O) groups excluding carboxylic acids is 10. The molecule has 58 heavy (non-hydrogen) atoms. The van der Waals surface area contributed by atoms with Crippen LogP contribution in [0.4, 0.5) is 0 Å². The van der Waals surface area contributed by atoms with Crippen molar-refractivity contribution in [1.29, 1.82) is 0 Å². The summed E-state index contributed by atoms with van der Waals surface area (Å²) in [7, 11) is 9.92. The van der Waals surface area contributed by atoms with Gasteiger partial charge in [0.2, 0.25) is 0 Å². The number of fused-ring (bicyclic) bond motifs is 19. The highest BCUT2D eigenvalue weighted by molar-refractivity contribution is 6.17. The Morgan fingerprint density at radius 2 is 0.431 bits per heavy atom. The zero-order valence-electron chi connectivity index (χ0n) is 32.8. The van der Waals surface area contributed by atoms with Crippen LogP contribution in [0.5, 0.6) is 0 Å². The number of ether oxygens (including phenoxy) is 10. The van der Waals surface area contributed by atoms with E-state index in [1.54, 1.807) is 0 Å². The van der Waals surface area contributed by atoms with Gasteiger partial charge in [-0.3, -0.25) is 28.8 Å². The molecule has 8 aliphatic carbocycles. The molecule has 0 N–H and O–H groups in total. The van der Waals surface area contributed by atoms with Gasteiger partial charge in [0.25, 0.3) is 0 Å². The molecule has 310 valence electrons. The Balaban J connectivity index is 1.51. The summed E-state index contributed by atoms with van der Waals surface area (Å²) in [4.78, 5) is 143. The summed E-state index contributed by atoms with van der Waals surface area (Å²) in [6.45, 7) is 0. The monoisotopic (exact) mass is 814 g/mol. The lowest BCUT2D eigenvalue weighted by atomic mass is 8.94. The van der Waals surface area contributed by atoms with Gasteiger partial charge in [-0.2, -0.15) is 0 Å². The van der Waals surface area contributed by atoms with Crippen LogP contribution in [-0.4, -0.2) is 131 Å². The molecular formula is C38H38O20. The maximum Gasteiger partial charge on any atom is 0.334 e. The fraction of sp³-hybridized carbons (Fsp3) is 0.632. The number of hydrogen-bond acceptors (Lipinski definition) is 20. The fourth-order valence-electron chi connectivity index (χ4n) is 15.3. The number of carbonyl (C=O) groups is 10. The highest BCUT2D eigenvalue weighted by Gasteiger charge is 3.19. The third kappa shape index (κ3) is 2.88. The van der Waals surface area contributed by atoms with E-state index < -0.39 is 140 Å². The van der Waals surface area contributed by atoms with E-state index in [1.165, 1.54) is 0 Å².